The molecule has 1 aliphatic rings. The number of nitrogens with zero attached hydrogens (tertiary/aromatic N) is 1. The molecule has 0 aliphatic heterocycles. The number of rotatable bonds is 8. The van der Waals surface area contributed by atoms with Gasteiger partial charge in [0, 0.05) is 22.5 Å². The van der Waals surface area contributed by atoms with E-state index in [2.05, 4.69) is 5.32 Å². The summed E-state index contributed by atoms with van der Waals surface area (Å²) in [6, 6.07) is 15.2. The van der Waals surface area contributed by atoms with Crippen molar-refractivity contribution in [3.63, 3.8) is 0 Å². The number of thioether (sulfide) groups is 1. The highest BCUT2D eigenvalue weighted by molar-refractivity contribution is 8.00. The van der Waals surface area contributed by atoms with Gasteiger partial charge in [0.2, 0.25) is 11.8 Å². The van der Waals surface area contributed by atoms with E-state index in [1.165, 1.54) is 11.8 Å². The second-order valence-corrected chi connectivity index (χ2v) is 9.34. The fourth-order valence-electron chi connectivity index (χ4n) is 3.70. The molecular formula is C24H29ClN2O2S. The zero-order chi connectivity index (χ0) is 21.5. The molecule has 6 heteroatoms. The molecule has 0 heterocycles. The van der Waals surface area contributed by atoms with E-state index < -0.39 is 6.04 Å². The van der Waals surface area contributed by atoms with Gasteiger partial charge in [0.25, 0.3) is 0 Å². The molecule has 1 N–H and O–H groups in total. The van der Waals surface area contributed by atoms with Crippen molar-refractivity contribution in [2.45, 2.75) is 63.1 Å². The van der Waals surface area contributed by atoms with Crippen LogP contribution in [-0.4, -0.2) is 34.6 Å². The van der Waals surface area contributed by atoms with Crippen LogP contribution in [0.15, 0.2) is 53.4 Å². The van der Waals surface area contributed by atoms with Crippen LogP contribution in [0.4, 0.5) is 0 Å². The summed E-state index contributed by atoms with van der Waals surface area (Å²) in [5.41, 5.74) is 2.17. The third kappa shape index (κ3) is 6.26. The van der Waals surface area contributed by atoms with Crippen LogP contribution in [0.2, 0.25) is 5.02 Å². The number of carbonyl (C=O) groups excluding carboxylic acids is 2. The second kappa shape index (κ2) is 10.9. The van der Waals surface area contributed by atoms with E-state index in [1.807, 2.05) is 62.4 Å². The van der Waals surface area contributed by atoms with Gasteiger partial charge in [-0.05, 0) is 62.1 Å². The fraction of sp³-hybridized carbons (Fsp3) is 0.417. The average Bonchev–Trinajstić information content (AvgIpc) is 3.25. The van der Waals surface area contributed by atoms with Crippen molar-refractivity contribution in [2.75, 3.05) is 5.75 Å². The first-order valence-electron chi connectivity index (χ1n) is 10.5. The third-order valence-electron chi connectivity index (χ3n) is 5.65. The van der Waals surface area contributed by atoms with Gasteiger partial charge in [0.15, 0.2) is 0 Å². The number of benzene rings is 2. The summed E-state index contributed by atoms with van der Waals surface area (Å²) >= 11 is 7.41. The summed E-state index contributed by atoms with van der Waals surface area (Å²) in [7, 11) is 0. The number of amides is 2. The number of nitrogens with one attached hydrogen (secondary N) is 1. The minimum Gasteiger partial charge on any atom is -0.352 e. The lowest BCUT2D eigenvalue weighted by atomic mass is 10.1. The molecule has 160 valence electrons. The Morgan fingerprint density at radius 2 is 1.80 bits per heavy atom. The molecule has 0 saturated heterocycles. The van der Waals surface area contributed by atoms with Gasteiger partial charge < -0.3 is 10.2 Å². The zero-order valence-electron chi connectivity index (χ0n) is 17.6. The standard InChI is InChI=1S/C24H29ClN2O2S/c1-17-7-3-4-8-19(17)15-27(18(2)24(29)26-21-9-5-6-10-21)23(28)16-30-22-13-11-20(25)12-14-22/h3-4,7-8,11-14,18,21H,5-6,9-10,15-16H2,1-2H3,(H,26,29)/t18-/m1/s1. The van der Waals surface area contributed by atoms with Crippen LogP contribution in [-0.2, 0) is 16.1 Å². The van der Waals surface area contributed by atoms with E-state index in [0.717, 1.165) is 41.7 Å². The molecule has 0 aromatic heterocycles. The van der Waals surface area contributed by atoms with Crippen molar-refractivity contribution < 1.29 is 9.59 Å². The highest BCUT2D eigenvalue weighted by Crippen LogP contribution is 2.23. The predicted octanol–water partition coefficient (Wildman–Crippen LogP) is 5.22. The molecule has 0 unspecified atom stereocenters. The molecule has 0 radical (unpaired) electrons. The molecule has 1 saturated carbocycles. The maximum absolute atomic E-state index is 13.2. The van der Waals surface area contributed by atoms with Crippen molar-refractivity contribution >= 4 is 35.2 Å². The van der Waals surface area contributed by atoms with Crippen molar-refractivity contribution in [2.24, 2.45) is 0 Å². The van der Waals surface area contributed by atoms with Crippen LogP contribution in [0.3, 0.4) is 0 Å². The Hall–Kier alpha value is -1.98. The Kier molecular flexibility index (Phi) is 8.23. The van der Waals surface area contributed by atoms with E-state index >= 15 is 0 Å². The van der Waals surface area contributed by atoms with Gasteiger partial charge in [-0.1, -0.05) is 48.7 Å². The zero-order valence-corrected chi connectivity index (χ0v) is 19.1. The van der Waals surface area contributed by atoms with Crippen LogP contribution in [0.5, 0.6) is 0 Å². The van der Waals surface area contributed by atoms with Crippen LogP contribution in [0, 0.1) is 6.92 Å². The minimum absolute atomic E-state index is 0.0488. The third-order valence-corrected chi connectivity index (χ3v) is 6.90. The van der Waals surface area contributed by atoms with Gasteiger partial charge in [-0.3, -0.25) is 9.59 Å². The molecule has 2 amide bonds. The Morgan fingerprint density at radius 3 is 2.47 bits per heavy atom. The molecule has 3 rings (SSSR count). The molecule has 1 atom stereocenters. The number of halogens is 1. The first-order chi connectivity index (χ1) is 14.4. The predicted molar refractivity (Wildman–Crippen MR) is 124 cm³/mol. The van der Waals surface area contributed by atoms with E-state index in [-0.39, 0.29) is 23.6 Å². The lowest BCUT2D eigenvalue weighted by molar-refractivity contribution is -0.139. The van der Waals surface area contributed by atoms with Gasteiger partial charge in [0.1, 0.15) is 6.04 Å². The van der Waals surface area contributed by atoms with Gasteiger partial charge in [0.05, 0.1) is 5.75 Å². The highest BCUT2D eigenvalue weighted by Gasteiger charge is 2.28. The van der Waals surface area contributed by atoms with Crippen molar-refractivity contribution in [3.05, 3.63) is 64.7 Å². The highest BCUT2D eigenvalue weighted by atomic mass is 35.5. The normalized spacial score (nSPS) is 15.0. The molecule has 2 aromatic rings. The maximum Gasteiger partial charge on any atom is 0.242 e. The van der Waals surface area contributed by atoms with Crippen molar-refractivity contribution in [1.82, 2.24) is 10.2 Å². The van der Waals surface area contributed by atoms with Crippen LogP contribution < -0.4 is 5.32 Å². The van der Waals surface area contributed by atoms with E-state index in [4.69, 9.17) is 11.6 Å². The number of hydrogen-bond acceptors (Lipinski definition) is 3. The summed E-state index contributed by atoms with van der Waals surface area (Å²) < 4.78 is 0. The van der Waals surface area contributed by atoms with Crippen LogP contribution in [0.25, 0.3) is 0 Å². The minimum atomic E-state index is -0.525. The van der Waals surface area contributed by atoms with Crippen molar-refractivity contribution in [3.8, 4) is 0 Å². The topological polar surface area (TPSA) is 49.4 Å². The lowest BCUT2D eigenvalue weighted by Gasteiger charge is -2.30. The van der Waals surface area contributed by atoms with Gasteiger partial charge in [-0.15, -0.1) is 11.8 Å². The quantitative estimate of drug-likeness (QED) is 0.568. The molecule has 0 spiro atoms. The summed E-state index contributed by atoms with van der Waals surface area (Å²) in [5.74, 6) is 0.154. The molecule has 1 fully saturated rings. The second-order valence-electron chi connectivity index (χ2n) is 7.86. The van der Waals surface area contributed by atoms with Crippen molar-refractivity contribution in [1.29, 1.82) is 0 Å². The fourth-order valence-corrected chi connectivity index (χ4v) is 4.61. The van der Waals surface area contributed by atoms with E-state index in [9.17, 15) is 9.59 Å². The molecule has 30 heavy (non-hydrogen) atoms. The lowest BCUT2D eigenvalue weighted by Crippen LogP contribution is -2.50. The number of hydrogen-bond donors (Lipinski definition) is 1. The van der Waals surface area contributed by atoms with E-state index in [1.54, 1.807) is 4.90 Å². The summed E-state index contributed by atoms with van der Waals surface area (Å²) in [4.78, 5) is 28.8. The summed E-state index contributed by atoms with van der Waals surface area (Å²) in [5, 5.41) is 3.81. The smallest absolute Gasteiger partial charge is 0.242 e. The van der Waals surface area contributed by atoms with Gasteiger partial charge >= 0.3 is 0 Å². The Morgan fingerprint density at radius 1 is 1.13 bits per heavy atom. The van der Waals surface area contributed by atoms with Crippen LogP contribution in [0.1, 0.15) is 43.7 Å². The molecule has 4 nitrogen and oxygen atoms in total. The van der Waals surface area contributed by atoms with E-state index in [0.29, 0.717) is 11.6 Å². The van der Waals surface area contributed by atoms with Gasteiger partial charge in [-0.25, -0.2) is 0 Å². The number of aryl methyl sites for hydroxylation is 1. The first kappa shape index (κ1) is 22.7. The maximum atomic E-state index is 13.2. The molecular weight excluding hydrogens is 416 g/mol. The average molecular weight is 445 g/mol. The Balaban J connectivity index is 1.71. The number of carbonyl (C=O) groups is 2. The Bertz CT molecular complexity index is 866. The van der Waals surface area contributed by atoms with Crippen LogP contribution >= 0.6 is 23.4 Å². The SMILES string of the molecule is Cc1ccccc1CN(C(=O)CSc1ccc(Cl)cc1)[C@H](C)C(=O)NC1CCCC1. The summed E-state index contributed by atoms with van der Waals surface area (Å²) in [6.07, 6.45) is 4.36. The summed E-state index contributed by atoms with van der Waals surface area (Å²) in [6.45, 7) is 4.28. The largest absolute Gasteiger partial charge is 0.352 e. The molecule has 1 aliphatic carbocycles. The molecule has 0 bridgehead atoms. The molecule has 2 aromatic carbocycles. The van der Waals surface area contributed by atoms with Gasteiger partial charge in [-0.2, -0.15) is 0 Å². The Labute approximate surface area is 188 Å². The first-order valence-corrected chi connectivity index (χ1v) is 11.8. The monoisotopic (exact) mass is 444 g/mol.